The molecule has 2 N–H and O–H groups in total. The fourth-order valence-corrected chi connectivity index (χ4v) is 4.20. The highest BCUT2D eigenvalue weighted by Gasteiger charge is 2.33. The molecule has 1 aromatic heterocycles. The molecule has 4 rings (SSSR count). The number of thiazole rings is 1. The molecule has 2 aliphatic carbocycles. The molecule has 24 heavy (non-hydrogen) atoms. The molecule has 2 fully saturated rings. The first-order chi connectivity index (χ1) is 11.8. The zero-order valence-corrected chi connectivity index (χ0v) is 14.6. The van der Waals surface area contributed by atoms with Crippen molar-refractivity contribution >= 4 is 17.2 Å². The van der Waals surface area contributed by atoms with E-state index in [9.17, 15) is 4.79 Å². The lowest BCUT2D eigenvalue weighted by Crippen LogP contribution is -2.37. The minimum absolute atomic E-state index is 0.0503. The van der Waals surface area contributed by atoms with Gasteiger partial charge in [0.25, 0.3) is 5.91 Å². The summed E-state index contributed by atoms with van der Waals surface area (Å²) in [6.45, 7) is 1.93. The molecule has 5 heteroatoms. The van der Waals surface area contributed by atoms with E-state index in [4.69, 9.17) is 10.7 Å². The Bertz CT molecular complexity index is 719. The van der Waals surface area contributed by atoms with Gasteiger partial charge in [0.05, 0.1) is 9.88 Å². The van der Waals surface area contributed by atoms with Gasteiger partial charge in [-0.1, -0.05) is 30.3 Å². The first-order valence-corrected chi connectivity index (χ1v) is 9.63. The topological polar surface area (TPSA) is 59.2 Å². The highest BCUT2D eigenvalue weighted by atomic mass is 32.1. The van der Waals surface area contributed by atoms with Gasteiger partial charge in [-0.25, -0.2) is 4.98 Å². The molecular weight excluding hydrogens is 318 g/mol. The van der Waals surface area contributed by atoms with Crippen molar-refractivity contribution in [3.8, 4) is 10.4 Å². The normalized spacial score (nSPS) is 17.0. The average molecular weight is 341 g/mol. The molecule has 126 valence electrons. The molecular formula is C19H23N3OS. The highest BCUT2D eigenvalue weighted by molar-refractivity contribution is 7.15. The summed E-state index contributed by atoms with van der Waals surface area (Å²) in [6.07, 6.45) is 4.85. The molecule has 0 saturated heterocycles. The Morgan fingerprint density at radius 3 is 2.58 bits per heavy atom. The third kappa shape index (κ3) is 3.37. The first kappa shape index (κ1) is 15.8. The van der Waals surface area contributed by atoms with E-state index in [2.05, 4.69) is 12.1 Å². The Morgan fingerprint density at radius 2 is 1.96 bits per heavy atom. The predicted octanol–water partition coefficient (Wildman–Crippen LogP) is 3.50. The number of benzene rings is 1. The van der Waals surface area contributed by atoms with E-state index < -0.39 is 0 Å². The summed E-state index contributed by atoms with van der Waals surface area (Å²) in [5.74, 6) is 1.27. The summed E-state index contributed by atoms with van der Waals surface area (Å²) >= 11 is 1.69. The summed E-state index contributed by atoms with van der Waals surface area (Å²) in [5, 5.41) is 1.12. The number of amides is 1. The average Bonchev–Trinajstić information content (AvgIpc) is 3.54. The second kappa shape index (κ2) is 6.65. The van der Waals surface area contributed by atoms with Crippen LogP contribution in [0.5, 0.6) is 0 Å². The van der Waals surface area contributed by atoms with E-state index in [0.717, 1.165) is 22.0 Å². The maximum absolute atomic E-state index is 13.2. The third-order valence-electron chi connectivity index (χ3n) is 4.67. The van der Waals surface area contributed by atoms with Crippen molar-refractivity contribution in [2.45, 2.75) is 31.6 Å². The van der Waals surface area contributed by atoms with E-state index in [1.807, 2.05) is 23.1 Å². The number of carbonyl (C=O) groups excluding carboxylic acids is 1. The molecule has 0 radical (unpaired) electrons. The van der Waals surface area contributed by atoms with Crippen molar-refractivity contribution in [3.05, 3.63) is 41.0 Å². The van der Waals surface area contributed by atoms with Crippen molar-refractivity contribution in [1.29, 1.82) is 0 Å². The molecule has 1 heterocycles. The summed E-state index contributed by atoms with van der Waals surface area (Å²) in [4.78, 5) is 20.9. The first-order valence-electron chi connectivity index (χ1n) is 8.81. The third-order valence-corrected chi connectivity index (χ3v) is 5.94. The number of rotatable bonds is 7. The highest BCUT2D eigenvalue weighted by Crippen LogP contribution is 2.45. The molecule has 0 aliphatic heterocycles. The number of nitrogens with two attached hydrogens (primary N) is 1. The Labute approximate surface area is 146 Å². The smallest absolute Gasteiger partial charge is 0.274 e. The minimum Gasteiger partial charge on any atom is -0.336 e. The molecule has 0 unspecified atom stereocenters. The number of hydrogen-bond acceptors (Lipinski definition) is 4. The Hall–Kier alpha value is -1.72. The van der Waals surface area contributed by atoms with Crippen molar-refractivity contribution in [1.82, 2.24) is 9.88 Å². The zero-order chi connectivity index (χ0) is 16.5. The predicted molar refractivity (Wildman–Crippen MR) is 97.2 cm³/mol. The van der Waals surface area contributed by atoms with E-state index in [1.165, 1.54) is 25.7 Å². The van der Waals surface area contributed by atoms with Gasteiger partial charge in [0, 0.05) is 25.6 Å². The SMILES string of the molecule is NCCN(CC1CC1)C(=O)c1nc(C2CC2)sc1-c1ccccc1. The van der Waals surface area contributed by atoms with Crippen LogP contribution in [0.1, 0.15) is 47.1 Å². The molecule has 2 aromatic rings. The largest absolute Gasteiger partial charge is 0.336 e. The van der Waals surface area contributed by atoms with Gasteiger partial charge < -0.3 is 10.6 Å². The molecule has 0 spiro atoms. The van der Waals surface area contributed by atoms with Crippen LogP contribution in [-0.2, 0) is 0 Å². The quantitative estimate of drug-likeness (QED) is 0.838. The number of carbonyl (C=O) groups is 1. The maximum atomic E-state index is 13.2. The number of aromatic nitrogens is 1. The van der Waals surface area contributed by atoms with Gasteiger partial charge in [0.15, 0.2) is 0 Å². The molecule has 0 atom stereocenters. The summed E-state index contributed by atoms with van der Waals surface area (Å²) in [7, 11) is 0. The molecule has 4 nitrogen and oxygen atoms in total. The van der Waals surface area contributed by atoms with Crippen molar-refractivity contribution < 1.29 is 4.79 Å². The molecule has 2 aliphatic rings. The lowest BCUT2D eigenvalue weighted by atomic mass is 10.1. The standard InChI is InChI=1S/C19H23N3OS/c20-10-11-22(12-13-6-7-13)19(23)16-17(14-4-2-1-3-5-14)24-18(21-16)15-8-9-15/h1-5,13,15H,6-12,20H2. The summed E-state index contributed by atoms with van der Waals surface area (Å²) < 4.78 is 0. The van der Waals surface area contributed by atoms with Crippen LogP contribution >= 0.6 is 11.3 Å². The van der Waals surface area contributed by atoms with Gasteiger partial charge in [-0.3, -0.25) is 4.79 Å². The molecule has 1 aromatic carbocycles. The molecule has 1 amide bonds. The van der Waals surface area contributed by atoms with Crippen LogP contribution in [0.2, 0.25) is 0 Å². The molecule has 2 saturated carbocycles. The minimum atomic E-state index is 0.0503. The Balaban J connectivity index is 1.68. The van der Waals surface area contributed by atoms with Gasteiger partial charge in [-0.2, -0.15) is 0 Å². The van der Waals surface area contributed by atoms with Gasteiger partial charge in [-0.15, -0.1) is 11.3 Å². The number of hydrogen-bond donors (Lipinski definition) is 1. The fraction of sp³-hybridized carbons (Fsp3) is 0.474. The van der Waals surface area contributed by atoms with Crippen LogP contribution in [-0.4, -0.2) is 35.4 Å². The Morgan fingerprint density at radius 1 is 1.21 bits per heavy atom. The van der Waals surface area contributed by atoms with Crippen molar-refractivity contribution in [2.75, 3.05) is 19.6 Å². The van der Waals surface area contributed by atoms with Crippen molar-refractivity contribution in [2.24, 2.45) is 11.7 Å². The van der Waals surface area contributed by atoms with Crippen LogP contribution in [0, 0.1) is 5.92 Å². The maximum Gasteiger partial charge on any atom is 0.274 e. The number of nitrogens with zero attached hydrogens (tertiary/aromatic N) is 2. The second-order valence-electron chi connectivity index (χ2n) is 6.85. The summed E-state index contributed by atoms with van der Waals surface area (Å²) in [6, 6.07) is 10.2. The lowest BCUT2D eigenvalue weighted by molar-refractivity contribution is 0.0748. The fourth-order valence-electron chi connectivity index (χ4n) is 2.97. The van der Waals surface area contributed by atoms with Crippen LogP contribution in [0.3, 0.4) is 0 Å². The van der Waals surface area contributed by atoms with E-state index in [-0.39, 0.29) is 5.91 Å². The van der Waals surface area contributed by atoms with Gasteiger partial charge in [0.1, 0.15) is 5.69 Å². The van der Waals surface area contributed by atoms with Gasteiger partial charge in [0.2, 0.25) is 0 Å². The van der Waals surface area contributed by atoms with Crippen LogP contribution in [0.15, 0.2) is 30.3 Å². The van der Waals surface area contributed by atoms with E-state index in [1.54, 1.807) is 11.3 Å². The lowest BCUT2D eigenvalue weighted by Gasteiger charge is -2.21. The van der Waals surface area contributed by atoms with E-state index >= 15 is 0 Å². The van der Waals surface area contributed by atoms with Crippen LogP contribution in [0.25, 0.3) is 10.4 Å². The Kier molecular flexibility index (Phi) is 4.37. The zero-order valence-electron chi connectivity index (χ0n) is 13.8. The monoisotopic (exact) mass is 341 g/mol. The summed E-state index contributed by atoms with van der Waals surface area (Å²) in [5.41, 5.74) is 7.46. The molecule has 0 bridgehead atoms. The van der Waals surface area contributed by atoms with Crippen LogP contribution in [0.4, 0.5) is 0 Å². The second-order valence-corrected chi connectivity index (χ2v) is 7.88. The van der Waals surface area contributed by atoms with Crippen LogP contribution < -0.4 is 5.73 Å². The van der Waals surface area contributed by atoms with Gasteiger partial charge in [-0.05, 0) is 37.2 Å². The van der Waals surface area contributed by atoms with E-state index in [0.29, 0.717) is 30.6 Å². The van der Waals surface area contributed by atoms with Crippen molar-refractivity contribution in [3.63, 3.8) is 0 Å². The van der Waals surface area contributed by atoms with Gasteiger partial charge >= 0.3 is 0 Å².